The number of ether oxygens (including phenoxy) is 4. The Bertz CT molecular complexity index is 276. The SMILES string of the molecule is CCCC1(C)O[C@H](C(=O)OC)[C@@H](C(=O)OC)O1. The van der Waals surface area contributed by atoms with E-state index in [9.17, 15) is 9.59 Å². The molecule has 0 N–H and O–H groups in total. The van der Waals surface area contributed by atoms with Crippen LogP contribution in [-0.2, 0) is 28.5 Å². The van der Waals surface area contributed by atoms with Crippen LogP contribution in [-0.4, -0.2) is 44.2 Å². The zero-order valence-corrected chi connectivity index (χ0v) is 10.5. The van der Waals surface area contributed by atoms with E-state index in [1.54, 1.807) is 6.92 Å². The molecule has 17 heavy (non-hydrogen) atoms. The second kappa shape index (κ2) is 5.46. The first kappa shape index (κ1) is 13.9. The minimum Gasteiger partial charge on any atom is -0.467 e. The molecular weight excluding hydrogens is 228 g/mol. The molecule has 0 aromatic heterocycles. The molecule has 0 unspecified atom stereocenters. The van der Waals surface area contributed by atoms with E-state index in [0.29, 0.717) is 6.42 Å². The molecule has 0 amide bonds. The number of carbonyl (C=O) groups is 2. The molecule has 1 aliphatic heterocycles. The van der Waals surface area contributed by atoms with Crippen LogP contribution in [0.1, 0.15) is 26.7 Å². The standard InChI is InChI=1S/C11H18O6/c1-5-6-11(2)16-7(9(12)14-3)8(17-11)10(13)15-4/h7-8H,5-6H2,1-4H3/t7-,8-/m0/s1. The van der Waals surface area contributed by atoms with Crippen LogP contribution in [0.15, 0.2) is 0 Å². The molecule has 98 valence electrons. The lowest BCUT2D eigenvalue weighted by atomic mass is 10.2. The van der Waals surface area contributed by atoms with Crippen LogP contribution in [0.3, 0.4) is 0 Å². The number of carbonyl (C=O) groups excluding carboxylic acids is 2. The quantitative estimate of drug-likeness (QED) is 0.678. The van der Waals surface area contributed by atoms with Gasteiger partial charge in [0.2, 0.25) is 0 Å². The fourth-order valence-corrected chi connectivity index (χ4v) is 1.84. The summed E-state index contributed by atoms with van der Waals surface area (Å²) >= 11 is 0. The molecule has 2 atom stereocenters. The van der Waals surface area contributed by atoms with Crippen molar-refractivity contribution in [2.75, 3.05) is 14.2 Å². The highest BCUT2D eigenvalue weighted by Crippen LogP contribution is 2.33. The summed E-state index contributed by atoms with van der Waals surface area (Å²) in [5.41, 5.74) is 0. The van der Waals surface area contributed by atoms with Crippen molar-refractivity contribution in [2.24, 2.45) is 0 Å². The third-order valence-electron chi connectivity index (χ3n) is 2.60. The molecule has 6 nitrogen and oxygen atoms in total. The summed E-state index contributed by atoms with van der Waals surface area (Å²) in [6.45, 7) is 3.64. The van der Waals surface area contributed by atoms with Crippen LogP contribution >= 0.6 is 0 Å². The molecule has 1 rings (SSSR count). The van der Waals surface area contributed by atoms with Crippen molar-refractivity contribution in [3.05, 3.63) is 0 Å². The first-order chi connectivity index (χ1) is 7.97. The highest BCUT2D eigenvalue weighted by Gasteiger charge is 2.51. The van der Waals surface area contributed by atoms with Gasteiger partial charge in [0.05, 0.1) is 14.2 Å². The lowest BCUT2D eigenvalue weighted by Gasteiger charge is -2.21. The van der Waals surface area contributed by atoms with Gasteiger partial charge in [0.15, 0.2) is 18.0 Å². The molecule has 1 heterocycles. The molecule has 0 bridgehead atoms. The van der Waals surface area contributed by atoms with Crippen LogP contribution in [0.5, 0.6) is 0 Å². The predicted molar refractivity (Wildman–Crippen MR) is 57.1 cm³/mol. The number of rotatable bonds is 4. The summed E-state index contributed by atoms with van der Waals surface area (Å²) in [6, 6.07) is 0. The fourth-order valence-electron chi connectivity index (χ4n) is 1.84. The van der Waals surface area contributed by atoms with E-state index in [1.807, 2.05) is 6.92 Å². The van der Waals surface area contributed by atoms with Gasteiger partial charge >= 0.3 is 11.9 Å². The first-order valence-corrected chi connectivity index (χ1v) is 5.48. The van der Waals surface area contributed by atoms with Crippen molar-refractivity contribution in [1.29, 1.82) is 0 Å². The minimum absolute atomic E-state index is 0.577. The Hall–Kier alpha value is -1.14. The zero-order chi connectivity index (χ0) is 13.1. The Kier molecular flexibility index (Phi) is 4.47. The molecular formula is C11H18O6. The van der Waals surface area contributed by atoms with Crippen LogP contribution in [0.4, 0.5) is 0 Å². The highest BCUT2D eigenvalue weighted by atomic mass is 16.8. The molecule has 0 aliphatic carbocycles. The lowest BCUT2D eigenvalue weighted by Crippen LogP contribution is -2.38. The highest BCUT2D eigenvalue weighted by molar-refractivity contribution is 5.86. The number of esters is 2. The predicted octanol–water partition coefficient (Wildman–Crippen LogP) is 0.633. The van der Waals surface area contributed by atoms with E-state index in [2.05, 4.69) is 9.47 Å². The lowest BCUT2D eigenvalue weighted by molar-refractivity contribution is -0.182. The van der Waals surface area contributed by atoms with Gasteiger partial charge in [0.1, 0.15) is 0 Å². The molecule has 0 aromatic carbocycles. The Morgan fingerprint density at radius 1 is 1.12 bits per heavy atom. The Labute approximate surface area is 100 Å². The van der Waals surface area contributed by atoms with Crippen molar-refractivity contribution in [2.45, 2.75) is 44.7 Å². The number of methoxy groups -OCH3 is 2. The Morgan fingerprint density at radius 2 is 1.53 bits per heavy atom. The summed E-state index contributed by atoms with van der Waals surface area (Å²) in [4.78, 5) is 23.0. The van der Waals surface area contributed by atoms with Gasteiger partial charge in [0, 0.05) is 6.42 Å². The van der Waals surface area contributed by atoms with E-state index < -0.39 is 29.9 Å². The van der Waals surface area contributed by atoms with Crippen molar-refractivity contribution in [3.63, 3.8) is 0 Å². The molecule has 6 heteroatoms. The smallest absolute Gasteiger partial charge is 0.338 e. The maximum Gasteiger partial charge on any atom is 0.338 e. The summed E-state index contributed by atoms with van der Waals surface area (Å²) in [6.07, 6.45) is -0.750. The van der Waals surface area contributed by atoms with Crippen LogP contribution in [0, 0.1) is 0 Å². The van der Waals surface area contributed by atoms with Gasteiger partial charge in [-0.3, -0.25) is 0 Å². The van der Waals surface area contributed by atoms with Crippen LogP contribution in [0.25, 0.3) is 0 Å². The van der Waals surface area contributed by atoms with E-state index in [-0.39, 0.29) is 0 Å². The third kappa shape index (κ3) is 2.95. The monoisotopic (exact) mass is 246 g/mol. The minimum atomic E-state index is -1.07. The van der Waals surface area contributed by atoms with Crippen molar-refractivity contribution < 1.29 is 28.5 Å². The van der Waals surface area contributed by atoms with E-state index in [0.717, 1.165) is 6.42 Å². The Balaban J connectivity index is 2.86. The van der Waals surface area contributed by atoms with Crippen molar-refractivity contribution >= 4 is 11.9 Å². The van der Waals surface area contributed by atoms with Crippen LogP contribution < -0.4 is 0 Å². The van der Waals surface area contributed by atoms with Gasteiger partial charge in [-0.25, -0.2) is 9.59 Å². The summed E-state index contributed by atoms with van der Waals surface area (Å²) < 4.78 is 20.1. The second-order valence-corrected chi connectivity index (χ2v) is 4.01. The molecule has 0 radical (unpaired) electrons. The van der Waals surface area contributed by atoms with Crippen molar-refractivity contribution in [3.8, 4) is 0 Å². The topological polar surface area (TPSA) is 71.1 Å². The molecule has 0 aromatic rings. The summed E-state index contributed by atoms with van der Waals surface area (Å²) in [7, 11) is 2.46. The maximum absolute atomic E-state index is 11.5. The van der Waals surface area contributed by atoms with Gasteiger partial charge in [-0.2, -0.15) is 0 Å². The van der Waals surface area contributed by atoms with Gasteiger partial charge in [-0.05, 0) is 6.92 Å². The normalized spacial score (nSPS) is 26.6. The zero-order valence-electron chi connectivity index (χ0n) is 10.5. The van der Waals surface area contributed by atoms with Crippen molar-refractivity contribution in [1.82, 2.24) is 0 Å². The van der Waals surface area contributed by atoms with Gasteiger partial charge in [0.25, 0.3) is 0 Å². The van der Waals surface area contributed by atoms with Gasteiger partial charge < -0.3 is 18.9 Å². The molecule has 0 spiro atoms. The van der Waals surface area contributed by atoms with Gasteiger partial charge in [-0.1, -0.05) is 13.3 Å². The summed E-state index contributed by atoms with van der Waals surface area (Å²) in [5.74, 6) is -2.23. The number of hydrogen-bond donors (Lipinski definition) is 0. The molecule has 1 saturated heterocycles. The average Bonchev–Trinajstić information content (AvgIpc) is 2.65. The maximum atomic E-state index is 11.5. The average molecular weight is 246 g/mol. The molecule has 1 fully saturated rings. The summed E-state index contributed by atoms with van der Waals surface area (Å²) in [5, 5.41) is 0. The van der Waals surface area contributed by atoms with E-state index >= 15 is 0 Å². The third-order valence-corrected chi connectivity index (χ3v) is 2.60. The largest absolute Gasteiger partial charge is 0.467 e. The number of hydrogen-bond acceptors (Lipinski definition) is 6. The molecule has 0 saturated carbocycles. The first-order valence-electron chi connectivity index (χ1n) is 5.48. The second-order valence-electron chi connectivity index (χ2n) is 4.01. The Morgan fingerprint density at radius 3 is 1.82 bits per heavy atom. The van der Waals surface area contributed by atoms with E-state index in [4.69, 9.17) is 9.47 Å². The van der Waals surface area contributed by atoms with Crippen LogP contribution in [0.2, 0.25) is 0 Å². The molecule has 1 aliphatic rings. The van der Waals surface area contributed by atoms with Gasteiger partial charge in [-0.15, -0.1) is 0 Å². The van der Waals surface area contributed by atoms with E-state index in [1.165, 1.54) is 14.2 Å². The fraction of sp³-hybridized carbons (Fsp3) is 0.818.